The highest BCUT2D eigenvalue weighted by molar-refractivity contribution is 7.80. The average molecular weight is 229 g/mol. The highest BCUT2D eigenvalue weighted by Gasteiger charge is 1.99. The first-order chi connectivity index (χ1) is 7.11. The van der Waals surface area contributed by atoms with Crippen LogP contribution < -0.4 is 5.73 Å². The number of nitrogens with two attached hydrogens (primary N) is 1. The molecule has 0 heterocycles. The Kier molecular flexibility index (Phi) is 10.5. The van der Waals surface area contributed by atoms with E-state index in [-0.39, 0.29) is 10.7 Å². The maximum atomic E-state index is 12.6. The molecule has 0 atom stereocenters. The fourth-order valence-corrected chi connectivity index (χ4v) is 0.926. The van der Waals surface area contributed by atoms with Crippen LogP contribution in [0.15, 0.2) is 29.7 Å². The van der Waals surface area contributed by atoms with E-state index in [0.717, 1.165) is 0 Å². The Balaban J connectivity index is 0. The average Bonchev–Trinajstić information content (AvgIpc) is 2.27. The minimum atomic E-state index is -0.349. The Hall–Kier alpha value is -0.960. The highest BCUT2D eigenvalue weighted by atomic mass is 32.1. The molecule has 1 nitrogen and oxygen atoms in total. The van der Waals surface area contributed by atoms with Crippen LogP contribution in [0.3, 0.4) is 0 Å². The third-order valence-electron chi connectivity index (χ3n) is 1.32. The second-order valence-electron chi connectivity index (χ2n) is 2.19. The molecular weight excluding hydrogens is 209 g/mol. The van der Waals surface area contributed by atoms with E-state index in [4.69, 9.17) is 5.73 Å². The summed E-state index contributed by atoms with van der Waals surface area (Å²) in [7, 11) is 0. The van der Waals surface area contributed by atoms with E-state index in [9.17, 15) is 4.39 Å². The van der Waals surface area contributed by atoms with Crippen molar-refractivity contribution < 1.29 is 4.39 Å². The lowest BCUT2D eigenvalue weighted by Crippen LogP contribution is -1.94. The lowest BCUT2D eigenvalue weighted by Gasteiger charge is -2.00. The van der Waals surface area contributed by atoms with Crippen LogP contribution >= 0.6 is 12.6 Å². The molecular formula is C12H20FNS. The third kappa shape index (κ3) is 6.18. The quantitative estimate of drug-likeness (QED) is 0.697. The van der Waals surface area contributed by atoms with Crippen LogP contribution in [0.2, 0.25) is 0 Å². The van der Waals surface area contributed by atoms with Gasteiger partial charge in [0, 0.05) is 10.6 Å². The minimum absolute atomic E-state index is 0.286. The molecule has 0 aliphatic heterocycles. The van der Waals surface area contributed by atoms with Gasteiger partial charge in [0.15, 0.2) is 0 Å². The van der Waals surface area contributed by atoms with Gasteiger partial charge in [-0.25, -0.2) is 4.39 Å². The molecule has 0 spiro atoms. The van der Waals surface area contributed by atoms with Gasteiger partial charge in [-0.2, -0.15) is 0 Å². The molecule has 0 amide bonds. The van der Waals surface area contributed by atoms with Crippen molar-refractivity contribution in [1.82, 2.24) is 0 Å². The van der Waals surface area contributed by atoms with Crippen LogP contribution in [0.25, 0.3) is 5.70 Å². The molecule has 0 aromatic heterocycles. The van der Waals surface area contributed by atoms with Gasteiger partial charge in [-0.3, -0.25) is 0 Å². The summed E-state index contributed by atoms with van der Waals surface area (Å²) in [4.78, 5) is 0.286. The van der Waals surface area contributed by atoms with Crippen LogP contribution in [-0.2, 0) is 0 Å². The molecule has 0 bridgehead atoms. The normalized spacial score (nSPS) is 7.87. The topological polar surface area (TPSA) is 26.0 Å². The molecule has 1 rings (SSSR count). The first-order valence-corrected chi connectivity index (χ1v) is 5.49. The Morgan fingerprint density at radius 3 is 2.07 bits per heavy atom. The van der Waals surface area contributed by atoms with Gasteiger partial charge in [0.1, 0.15) is 5.82 Å². The summed E-state index contributed by atoms with van der Waals surface area (Å²) in [5, 5.41) is 0. The largest absolute Gasteiger partial charge is 0.399 e. The van der Waals surface area contributed by atoms with Crippen LogP contribution in [0, 0.1) is 5.82 Å². The zero-order chi connectivity index (χ0) is 12.4. The van der Waals surface area contributed by atoms with Crippen molar-refractivity contribution in [2.75, 3.05) is 0 Å². The molecule has 0 unspecified atom stereocenters. The van der Waals surface area contributed by atoms with Crippen molar-refractivity contribution in [2.45, 2.75) is 32.6 Å². The van der Waals surface area contributed by atoms with Crippen LogP contribution in [0.1, 0.15) is 33.3 Å². The number of halogens is 1. The molecule has 0 saturated carbocycles. The maximum Gasteiger partial charge on any atom is 0.136 e. The van der Waals surface area contributed by atoms with Crippen molar-refractivity contribution in [3.05, 3.63) is 36.2 Å². The van der Waals surface area contributed by atoms with Gasteiger partial charge in [0.2, 0.25) is 0 Å². The summed E-state index contributed by atoms with van der Waals surface area (Å²) >= 11 is 3.89. The molecule has 0 fully saturated rings. The van der Waals surface area contributed by atoms with E-state index in [1.165, 1.54) is 6.07 Å². The van der Waals surface area contributed by atoms with Crippen LogP contribution in [0.4, 0.5) is 4.39 Å². The molecule has 2 N–H and O–H groups in total. The van der Waals surface area contributed by atoms with Gasteiger partial charge in [0.25, 0.3) is 0 Å². The first-order valence-electron chi connectivity index (χ1n) is 5.04. The molecule has 15 heavy (non-hydrogen) atoms. The van der Waals surface area contributed by atoms with Crippen LogP contribution in [-0.4, -0.2) is 0 Å². The molecule has 0 aliphatic carbocycles. The number of thiol groups is 1. The summed E-state index contributed by atoms with van der Waals surface area (Å²) in [5.74, 6) is -0.349. The number of benzene rings is 1. The van der Waals surface area contributed by atoms with Crippen molar-refractivity contribution in [1.29, 1.82) is 0 Å². The lowest BCUT2D eigenvalue weighted by atomic mass is 10.2. The predicted octanol–water partition coefficient (Wildman–Crippen LogP) is 4.10. The Morgan fingerprint density at radius 1 is 1.27 bits per heavy atom. The molecule has 0 aliphatic rings. The van der Waals surface area contributed by atoms with E-state index in [0.29, 0.717) is 11.3 Å². The van der Waals surface area contributed by atoms with E-state index in [2.05, 4.69) is 19.2 Å². The number of rotatable bonds is 1. The molecule has 0 radical (unpaired) electrons. The second kappa shape index (κ2) is 9.59. The molecule has 1 aromatic rings. The first kappa shape index (κ1) is 16.5. The van der Waals surface area contributed by atoms with Gasteiger partial charge in [-0.1, -0.05) is 34.3 Å². The molecule has 3 heteroatoms. The summed E-state index contributed by atoms with van der Waals surface area (Å²) < 4.78 is 12.6. The van der Waals surface area contributed by atoms with Gasteiger partial charge >= 0.3 is 0 Å². The molecule has 86 valence electrons. The van der Waals surface area contributed by atoms with E-state index >= 15 is 0 Å². The summed E-state index contributed by atoms with van der Waals surface area (Å²) in [5.41, 5.74) is 6.50. The SMILES string of the molecule is C=C(N)c1ccc(F)c(S)c1.CC.CC. The van der Waals surface area contributed by atoms with Crippen molar-refractivity contribution >= 4 is 18.3 Å². The van der Waals surface area contributed by atoms with Gasteiger partial charge in [-0.05, 0) is 23.8 Å². The minimum Gasteiger partial charge on any atom is -0.399 e. The highest BCUT2D eigenvalue weighted by Crippen LogP contribution is 2.16. The fourth-order valence-electron chi connectivity index (χ4n) is 0.712. The summed E-state index contributed by atoms with van der Waals surface area (Å²) in [6.07, 6.45) is 0. The standard InChI is InChI=1S/C8H8FNS.2C2H6/c1-5(10)6-2-3-7(9)8(11)4-6;2*1-2/h2-4,11H,1,10H2;2*1-2H3. The summed E-state index contributed by atoms with van der Waals surface area (Å²) in [6.45, 7) is 11.5. The molecule has 1 aromatic carbocycles. The number of hydrogen-bond acceptors (Lipinski definition) is 2. The fraction of sp³-hybridized carbons (Fsp3) is 0.333. The van der Waals surface area contributed by atoms with Gasteiger partial charge in [-0.15, -0.1) is 12.6 Å². The van der Waals surface area contributed by atoms with Crippen molar-refractivity contribution in [2.24, 2.45) is 5.73 Å². The second-order valence-corrected chi connectivity index (χ2v) is 2.67. The smallest absolute Gasteiger partial charge is 0.136 e. The van der Waals surface area contributed by atoms with Crippen molar-refractivity contribution in [3.63, 3.8) is 0 Å². The molecule has 0 saturated heterocycles. The zero-order valence-corrected chi connectivity index (χ0v) is 10.7. The van der Waals surface area contributed by atoms with Gasteiger partial charge in [0.05, 0.1) is 0 Å². The monoisotopic (exact) mass is 229 g/mol. The van der Waals surface area contributed by atoms with Crippen LogP contribution in [0.5, 0.6) is 0 Å². The van der Waals surface area contributed by atoms with E-state index in [1.807, 2.05) is 27.7 Å². The Bertz CT molecular complexity index is 298. The zero-order valence-electron chi connectivity index (χ0n) is 9.84. The lowest BCUT2D eigenvalue weighted by molar-refractivity contribution is 0.602. The Labute approximate surface area is 97.6 Å². The maximum absolute atomic E-state index is 12.6. The third-order valence-corrected chi connectivity index (χ3v) is 1.66. The number of hydrogen-bond donors (Lipinski definition) is 2. The predicted molar refractivity (Wildman–Crippen MR) is 69.6 cm³/mol. The van der Waals surface area contributed by atoms with E-state index in [1.54, 1.807) is 12.1 Å². The Morgan fingerprint density at radius 2 is 1.73 bits per heavy atom. The van der Waals surface area contributed by atoms with Gasteiger partial charge < -0.3 is 5.73 Å². The summed E-state index contributed by atoms with van der Waals surface area (Å²) in [6, 6.07) is 4.42. The van der Waals surface area contributed by atoms with E-state index < -0.39 is 0 Å². The van der Waals surface area contributed by atoms with Crippen molar-refractivity contribution in [3.8, 4) is 0 Å².